The number of halogens is 1. The maximum Gasteiger partial charge on any atom is 0.258 e. The number of rotatable bonds is 6. The van der Waals surface area contributed by atoms with Crippen LogP contribution in [-0.4, -0.2) is 12.5 Å². The summed E-state index contributed by atoms with van der Waals surface area (Å²) in [6.45, 7) is 4.06. The van der Waals surface area contributed by atoms with Gasteiger partial charge in [-0.3, -0.25) is 4.79 Å². The average molecular weight is 362 g/mol. The molecule has 116 valence electrons. The number of benzene rings is 2. The smallest absolute Gasteiger partial charge is 0.258 e. The Bertz CT molecular complexity index is 628. The molecular formula is C18H20BrNO2. The van der Waals surface area contributed by atoms with E-state index in [0.717, 1.165) is 16.5 Å². The van der Waals surface area contributed by atoms with Gasteiger partial charge in [0, 0.05) is 0 Å². The van der Waals surface area contributed by atoms with Crippen LogP contribution < -0.4 is 10.1 Å². The van der Waals surface area contributed by atoms with E-state index in [1.54, 1.807) is 0 Å². The zero-order valence-electron chi connectivity index (χ0n) is 12.8. The first-order chi connectivity index (χ1) is 10.6. The Morgan fingerprint density at radius 2 is 1.95 bits per heavy atom. The van der Waals surface area contributed by atoms with Crippen molar-refractivity contribution in [2.24, 2.45) is 0 Å². The fraction of sp³-hybridized carbons (Fsp3) is 0.278. The summed E-state index contributed by atoms with van der Waals surface area (Å²) in [6.07, 6.45) is 0.966. The van der Waals surface area contributed by atoms with Crippen molar-refractivity contribution in [3.05, 3.63) is 64.1 Å². The third-order valence-corrected chi connectivity index (χ3v) is 4.06. The van der Waals surface area contributed by atoms with Gasteiger partial charge < -0.3 is 10.1 Å². The molecule has 2 rings (SSSR count). The van der Waals surface area contributed by atoms with E-state index in [1.807, 2.05) is 55.5 Å². The molecule has 0 aliphatic carbocycles. The Hall–Kier alpha value is -1.81. The number of carbonyl (C=O) groups excluding carboxylic acids is 1. The summed E-state index contributed by atoms with van der Waals surface area (Å²) in [5.74, 6) is 0.544. The molecule has 0 fully saturated rings. The van der Waals surface area contributed by atoms with Crippen LogP contribution >= 0.6 is 15.9 Å². The van der Waals surface area contributed by atoms with Crippen LogP contribution in [0.4, 0.5) is 0 Å². The van der Waals surface area contributed by atoms with Gasteiger partial charge in [-0.2, -0.15) is 0 Å². The number of hydrogen-bond acceptors (Lipinski definition) is 2. The molecule has 0 aliphatic rings. The molecule has 4 heteroatoms. The molecule has 1 unspecified atom stereocenters. The first kappa shape index (κ1) is 16.6. The molecule has 22 heavy (non-hydrogen) atoms. The van der Waals surface area contributed by atoms with Gasteiger partial charge in [-0.05, 0) is 52.5 Å². The quantitative estimate of drug-likeness (QED) is 0.834. The van der Waals surface area contributed by atoms with Gasteiger partial charge in [0.25, 0.3) is 5.91 Å². The maximum absolute atomic E-state index is 12.0. The van der Waals surface area contributed by atoms with E-state index in [9.17, 15) is 4.79 Å². The van der Waals surface area contributed by atoms with Crippen LogP contribution in [0.1, 0.15) is 31.0 Å². The van der Waals surface area contributed by atoms with Crippen molar-refractivity contribution in [2.45, 2.75) is 26.3 Å². The lowest BCUT2D eigenvalue weighted by Crippen LogP contribution is -2.31. The molecule has 1 N–H and O–H groups in total. The molecule has 1 atom stereocenters. The van der Waals surface area contributed by atoms with Crippen molar-refractivity contribution in [3.63, 3.8) is 0 Å². The molecule has 0 bridgehead atoms. The molecular weight excluding hydrogens is 342 g/mol. The predicted octanol–water partition coefficient (Wildman–Crippen LogP) is 4.27. The van der Waals surface area contributed by atoms with E-state index in [-0.39, 0.29) is 18.6 Å². The molecule has 0 saturated heterocycles. The van der Waals surface area contributed by atoms with Gasteiger partial charge in [-0.15, -0.1) is 0 Å². The lowest BCUT2D eigenvalue weighted by atomic mass is 10.1. The van der Waals surface area contributed by atoms with Crippen molar-refractivity contribution < 1.29 is 9.53 Å². The third kappa shape index (κ3) is 4.60. The van der Waals surface area contributed by atoms with Gasteiger partial charge in [0.1, 0.15) is 5.75 Å². The second-order valence-electron chi connectivity index (χ2n) is 5.11. The second kappa shape index (κ2) is 7.99. The minimum Gasteiger partial charge on any atom is -0.483 e. The zero-order valence-corrected chi connectivity index (χ0v) is 14.4. The van der Waals surface area contributed by atoms with E-state index < -0.39 is 0 Å². The first-order valence-corrected chi connectivity index (χ1v) is 8.15. The van der Waals surface area contributed by atoms with Gasteiger partial charge in [-0.1, -0.05) is 43.3 Å². The summed E-state index contributed by atoms with van der Waals surface area (Å²) in [6, 6.07) is 15.7. The van der Waals surface area contributed by atoms with Crippen LogP contribution in [0.2, 0.25) is 0 Å². The molecule has 3 nitrogen and oxygen atoms in total. The summed E-state index contributed by atoms with van der Waals surface area (Å²) in [7, 11) is 0. The highest BCUT2D eigenvalue weighted by atomic mass is 79.9. The minimum atomic E-state index is -0.136. The van der Waals surface area contributed by atoms with E-state index in [1.165, 1.54) is 5.56 Å². The normalized spacial score (nSPS) is 11.8. The lowest BCUT2D eigenvalue weighted by Gasteiger charge is -2.15. The van der Waals surface area contributed by atoms with Crippen LogP contribution in [-0.2, 0) is 11.2 Å². The van der Waals surface area contributed by atoms with Crippen molar-refractivity contribution in [1.29, 1.82) is 0 Å². The number of nitrogens with one attached hydrogen (secondary N) is 1. The zero-order chi connectivity index (χ0) is 15.9. The molecule has 0 aromatic heterocycles. The summed E-state index contributed by atoms with van der Waals surface area (Å²) in [5.41, 5.74) is 2.30. The molecule has 0 spiro atoms. The molecule has 0 saturated carbocycles. The highest BCUT2D eigenvalue weighted by molar-refractivity contribution is 9.10. The monoisotopic (exact) mass is 361 g/mol. The largest absolute Gasteiger partial charge is 0.483 e. The summed E-state index contributed by atoms with van der Waals surface area (Å²) >= 11 is 3.47. The second-order valence-corrected chi connectivity index (χ2v) is 5.96. The highest BCUT2D eigenvalue weighted by Gasteiger charge is 2.10. The Morgan fingerprint density at radius 3 is 2.59 bits per heavy atom. The fourth-order valence-electron chi connectivity index (χ4n) is 2.13. The van der Waals surface area contributed by atoms with Crippen molar-refractivity contribution in [2.75, 3.05) is 6.61 Å². The van der Waals surface area contributed by atoms with Crippen molar-refractivity contribution in [1.82, 2.24) is 5.32 Å². The number of aryl methyl sites for hydroxylation is 1. The maximum atomic E-state index is 12.0. The minimum absolute atomic E-state index is 0.00124. The lowest BCUT2D eigenvalue weighted by molar-refractivity contribution is -0.123. The molecule has 0 radical (unpaired) electrons. The number of carbonyl (C=O) groups is 1. The Balaban J connectivity index is 1.88. The Morgan fingerprint density at radius 1 is 1.23 bits per heavy atom. The molecule has 0 heterocycles. The van der Waals surface area contributed by atoms with Gasteiger partial charge in [0.2, 0.25) is 0 Å². The topological polar surface area (TPSA) is 38.3 Å². The first-order valence-electron chi connectivity index (χ1n) is 7.35. The fourth-order valence-corrected chi connectivity index (χ4v) is 2.67. The summed E-state index contributed by atoms with van der Waals surface area (Å²) < 4.78 is 6.45. The Kier molecular flexibility index (Phi) is 6.01. The standard InChI is InChI=1S/C18H20BrNO2/c1-3-14-9-10-17(16(19)11-14)22-12-18(21)20-13(2)15-7-5-4-6-8-15/h4-11,13H,3,12H2,1-2H3,(H,20,21). The molecule has 0 aliphatic heterocycles. The van der Waals surface area contributed by atoms with Crippen LogP contribution in [0.25, 0.3) is 0 Å². The van der Waals surface area contributed by atoms with Crippen LogP contribution in [0.3, 0.4) is 0 Å². The molecule has 2 aromatic rings. The van der Waals surface area contributed by atoms with Crippen molar-refractivity contribution in [3.8, 4) is 5.75 Å². The van der Waals surface area contributed by atoms with Gasteiger partial charge in [0.15, 0.2) is 6.61 Å². The van der Waals surface area contributed by atoms with Gasteiger partial charge in [-0.25, -0.2) is 0 Å². The number of ether oxygens (including phenoxy) is 1. The van der Waals surface area contributed by atoms with Crippen LogP contribution in [0, 0.1) is 0 Å². The SMILES string of the molecule is CCc1ccc(OCC(=O)NC(C)c2ccccc2)c(Br)c1. The van der Waals surface area contributed by atoms with Crippen LogP contribution in [0.15, 0.2) is 53.0 Å². The predicted molar refractivity (Wildman–Crippen MR) is 92.0 cm³/mol. The van der Waals surface area contributed by atoms with E-state index in [0.29, 0.717) is 5.75 Å². The van der Waals surface area contributed by atoms with Crippen molar-refractivity contribution >= 4 is 21.8 Å². The van der Waals surface area contributed by atoms with Gasteiger partial charge >= 0.3 is 0 Å². The average Bonchev–Trinajstić information content (AvgIpc) is 2.54. The van der Waals surface area contributed by atoms with Crippen LogP contribution in [0.5, 0.6) is 5.75 Å². The van der Waals surface area contributed by atoms with Gasteiger partial charge in [0.05, 0.1) is 10.5 Å². The number of amides is 1. The van der Waals surface area contributed by atoms with E-state index >= 15 is 0 Å². The molecule has 2 aromatic carbocycles. The van der Waals surface area contributed by atoms with E-state index in [2.05, 4.69) is 28.2 Å². The van der Waals surface area contributed by atoms with E-state index in [4.69, 9.17) is 4.74 Å². The molecule has 1 amide bonds. The third-order valence-electron chi connectivity index (χ3n) is 3.44. The number of hydrogen-bond donors (Lipinski definition) is 1. The summed E-state index contributed by atoms with van der Waals surface area (Å²) in [4.78, 5) is 12.0. The highest BCUT2D eigenvalue weighted by Crippen LogP contribution is 2.26. The Labute approximate surface area is 139 Å². The summed E-state index contributed by atoms with van der Waals surface area (Å²) in [5, 5.41) is 2.93.